The van der Waals surface area contributed by atoms with E-state index >= 15 is 0 Å². The van der Waals surface area contributed by atoms with Crippen LogP contribution in [0.4, 0.5) is 0 Å². The molecule has 0 saturated carbocycles. The van der Waals surface area contributed by atoms with Gasteiger partial charge in [-0.2, -0.15) is 0 Å². The molecular weight excluding hydrogens is 148 g/mol. The number of pyridine rings is 1. The van der Waals surface area contributed by atoms with E-state index in [1.54, 1.807) is 0 Å². The summed E-state index contributed by atoms with van der Waals surface area (Å²) < 4.78 is 0. The molecule has 0 aliphatic carbocycles. The fourth-order valence-corrected chi connectivity index (χ4v) is 1.19. The Morgan fingerprint density at radius 3 is 3.00 bits per heavy atom. The first-order valence-corrected chi connectivity index (χ1v) is 4.39. The molecule has 0 aliphatic rings. The first kappa shape index (κ1) is 9.20. The first-order chi connectivity index (χ1) is 5.84. The summed E-state index contributed by atoms with van der Waals surface area (Å²) in [6.45, 7) is 3.30. The van der Waals surface area contributed by atoms with E-state index in [4.69, 9.17) is 0 Å². The van der Waals surface area contributed by atoms with E-state index in [0.717, 1.165) is 6.54 Å². The van der Waals surface area contributed by atoms with Crippen molar-refractivity contribution in [2.24, 2.45) is 0 Å². The van der Waals surface area contributed by atoms with E-state index in [1.165, 1.54) is 12.0 Å². The van der Waals surface area contributed by atoms with Crippen molar-refractivity contribution >= 4 is 0 Å². The summed E-state index contributed by atoms with van der Waals surface area (Å²) in [5.74, 6) is 0.603. The van der Waals surface area contributed by atoms with Crippen LogP contribution in [0.3, 0.4) is 0 Å². The predicted molar refractivity (Wildman–Crippen MR) is 51.2 cm³/mol. The molecule has 2 nitrogen and oxygen atoms in total. The molecule has 1 unspecified atom stereocenters. The molecule has 0 amide bonds. The minimum Gasteiger partial charge on any atom is -0.320 e. The molecule has 1 N–H and O–H groups in total. The molecule has 0 aliphatic heterocycles. The third-order valence-corrected chi connectivity index (χ3v) is 2.08. The van der Waals surface area contributed by atoms with Gasteiger partial charge in [0.05, 0.1) is 0 Å². The SMILES string of the molecule is CNCCC(C)c1cccnc1. The normalized spacial score (nSPS) is 12.8. The molecule has 1 aromatic rings. The molecule has 1 heterocycles. The van der Waals surface area contributed by atoms with Gasteiger partial charge in [-0.3, -0.25) is 4.98 Å². The van der Waals surface area contributed by atoms with Crippen molar-refractivity contribution in [1.82, 2.24) is 10.3 Å². The molecule has 1 aromatic heterocycles. The predicted octanol–water partition coefficient (Wildman–Crippen LogP) is 1.79. The highest BCUT2D eigenvalue weighted by atomic mass is 14.8. The summed E-state index contributed by atoms with van der Waals surface area (Å²) in [5, 5.41) is 3.15. The van der Waals surface area contributed by atoms with Crippen LogP contribution < -0.4 is 5.32 Å². The maximum atomic E-state index is 4.09. The average Bonchev–Trinajstić information content (AvgIpc) is 2.15. The highest BCUT2D eigenvalue weighted by Crippen LogP contribution is 2.16. The van der Waals surface area contributed by atoms with E-state index in [2.05, 4.69) is 23.3 Å². The fourth-order valence-electron chi connectivity index (χ4n) is 1.19. The van der Waals surface area contributed by atoms with Crippen LogP contribution in [0, 0.1) is 0 Å². The lowest BCUT2D eigenvalue weighted by molar-refractivity contribution is 0.634. The fraction of sp³-hybridized carbons (Fsp3) is 0.500. The van der Waals surface area contributed by atoms with E-state index < -0.39 is 0 Å². The van der Waals surface area contributed by atoms with Crippen LogP contribution in [0.25, 0.3) is 0 Å². The van der Waals surface area contributed by atoms with Crippen molar-refractivity contribution in [1.29, 1.82) is 0 Å². The number of hydrogen-bond donors (Lipinski definition) is 1. The third-order valence-electron chi connectivity index (χ3n) is 2.08. The van der Waals surface area contributed by atoms with Gasteiger partial charge in [0.1, 0.15) is 0 Å². The Hall–Kier alpha value is -0.890. The highest BCUT2D eigenvalue weighted by Gasteiger charge is 2.03. The van der Waals surface area contributed by atoms with Gasteiger partial charge in [0.25, 0.3) is 0 Å². The topological polar surface area (TPSA) is 24.9 Å². The highest BCUT2D eigenvalue weighted by molar-refractivity contribution is 5.13. The van der Waals surface area contributed by atoms with Crippen molar-refractivity contribution in [2.75, 3.05) is 13.6 Å². The van der Waals surface area contributed by atoms with Crippen molar-refractivity contribution in [3.05, 3.63) is 30.1 Å². The van der Waals surface area contributed by atoms with Gasteiger partial charge in [-0.25, -0.2) is 0 Å². The third kappa shape index (κ3) is 2.62. The van der Waals surface area contributed by atoms with Crippen molar-refractivity contribution < 1.29 is 0 Å². The van der Waals surface area contributed by atoms with Crippen LogP contribution in [0.2, 0.25) is 0 Å². The molecule has 1 rings (SSSR count). The summed E-state index contributed by atoms with van der Waals surface area (Å²) in [7, 11) is 1.98. The monoisotopic (exact) mass is 164 g/mol. The number of hydrogen-bond acceptors (Lipinski definition) is 2. The Morgan fingerprint density at radius 1 is 1.58 bits per heavy atom. The quantitative estimate of drug-likeness (QED) is 0.734. The van der Waals surface area contributed by atoms with Gasteiger partial charge < -0.3 is 5.32 Å². The molecule has 66 valence electrons. The van der Waals surface area contributed by atoms with Gasteiger partial charge in [0.2, 0.25) is 0 Å². The number of nitrogens with zero attached hydrogens (tertiary/aromatic N) is 1. The van der Waals surface area contributed by atoms with Gasteiger partial charge in [0.15, 0.2) is 0 Å². The summed E-state index contributed by atoms with van der Waals surface area (Å²) in [6.07, 6.45) is 4.93. The molecule has 0 bridgehead atoms. The summed E-state index contributed by atoms with van der Waals surface area (Å²) in [6, 6.07) is 4.12. The Balaban J connectivity index is 2.48. The standard InChI is InChI=1S/C10H16N2/c1-9(5-7-11-2)10-4-3-6-12-8-10/h3-4,6,8-9,11H,5,7H2,1-2H3. The minimum absolute atomic E-state index is 0.603. The lowest BCUT2D eigenvalue weighted by atomic mass is 10.00. The minimum atomic E-state index is 0.603. The van der Waals surface area contributed by atoms with Crippen LogP contribution in [-0.2, 0) is 0 Å². The Kier molecular flexibility index (Phi) is 3.74. The second kappa shape index (κ2) is 4.88. The van der Waals surface area contributed by atoms with E-state index in [1.807, 2.05) is 25.5 Å². The van der Waals surface area contributed by atoms with E-state index in [0.29, 0.717) is 5.92 Å². The molecule has 1 atom stereocenters. The zero-order valence-corrected chi connectivity index (χ0v) is 7.75. The van der Waals surface area contributed by atoms with Crippen molar-refractivity contribution in [3.63, 3.8) is 0 Å². The van der Waals surface area contributed by atoms with Crippen LogP contribution in [0.5, 0.6) is 0 Å². The molecule has 12 heavy (non-hydrogen) atoms. The summed E-state index contributed by atoms with van der Waals surface area (Å²) in [5.41, 5.74) is 1.33. The Bertz CT molecular complexity index is 208. The maximum absolute atomic E-state index is 4.09. The summed E-state index contributed by atoms with van der Waals surface area (Å²) in [4.78, 5) is 4.09. The maximum Gasteiger partial charge on any atom is 0.0302 e. The van der Waals surface area contributed by atoms with Crippen LogP contribution >= 0.6 is 0 Å². The van der Waals surface area contributed by atoms with Gasteiger partial charge in [-0.15, -0.1) is 0 Å². The average molecular weight is 164 g/mol. The second-order valence-corrected chi connectivity index (χ2v) is 3.08. The van der Waals surface area contributed by atoms with E-state index in [-0.39, 0.29) is 0 Å². The van der Waals surface area contributed by atoms with Crippen LogP contribution in [0.15, 0.2) is 24.5 Å². The molecule has 0 fully saturated rings. The zero-order chi connectivity index (χ0) is 8.81. The molecular formula is C10H16N2. The van der Waals surface area contributed by atoms with Gasteiger partial charge >= 0.3 is 0 Å². The Morgan fingerprint density at radius 2 is 2.42 bits per heavy atom. The van der Waals surface area contributed by atoms with E-state index in [9.17, 15) is 0 Å². The second-order valence-electron chi connectivity index (χ2n) is 3.08. The largest absolute Gasteiger partial charge is 0.320 e. The molecule has 0 spiro atoms. The van der Waals surface area contributed by atoms with Gasteiger partial charge in [-0.1, -0.05) is 13.0 Å². The molecule has 2 heteroatoms. The van der Waals surface area contributed by atoms with Gasteiger partial charge in [-0.05, 0) is 37.6 Å². The molecule has 0 radical (unpaired) electrons. The number of rotatable bonds is 4. The lowest BCUT2D eigenvalue weighted by Gasteiger charge is -2.09. The molecule has 0 saturated heterocycles. The zero-order valence-electron chi connectivity index (χ0n) is 7.75. The smallest absolute Gasteiger partial charge is 0.0302 e. The van der Waals surface area contributed by atoms with Gasteiger partial charge in [0, 0.05) is 12.4 Å². The molecule has 0 aromatic carbocycles. The van der Waals surface area contributed by atoms with Crippen molar-refractivity contribution in [3.8, 4) is 0 Å². The first-order valence-electron chi connectivity index (χ1n) is 4.39. The summed E-state index contributed by atoms with van der Waals surface area (Å²) >= 11 is 0. The number of aromatic nitrogens is 1. The lowest BCUT2D eigenvalue weighted by Crippen LogP contribution is -2.10. The van der Waals surface area contributed by atoms with Crippen molar-refractivity contribution in [2.45, 2.75) is 19.3 Å². The van der Waals surface area contributed by atoms with Crippen LogP contribution in [0.1, 0.15) is 24.8 Å². The Labute approximate surface area is 74.0 Å². The van der Waals surface area contributed by atoms with Crippen LogP contribution in [-0.4, -0.2) is 18.6 Å². The number of nitrogens with one attached hydrogen (secondary N) is 1.